The summed E-state index contributed by atoms with van der Waals surface area (Å²) in [5.74, 6) is -1.52. The number of hydrogen-bond donors (Lipinski definition) is 3. The van der Waals surface area contributed by atoms with Crippen molar-refractivity contribution in [1.82, 2.24) is 10.2 Å². The van der Waals surface area contributed by atoms with Gasteiger partial charge in [0.15, 0.2) is 0 Å². The molecule has 41 heavy (non-hydrogen) atoms. The van der Waals surface area contributed by atoms with Crippen LogP contribution in [0.25, 0.3) is 0 Å². The molecular weight excluding hydrogens is 518 g/mol. The third-order valence-electron chi connectivity index (χ3n) is 8.67. The number of likely N-dealkylation sites (tertiary alicyclic amines) is 1. The van der Waals surface area contributed by atoms with Gasteiger partial charge in [-0.1, -0.05) is 57.2 Å². The number of nitrogens with zero attached hydrogens (tertiary/aromatic N) is 2. The van der Waals surface area contributed by atoms with Crippen LogP contribution in [0.15, 0.2) is 42.5 Å². The zero-order valence-electron chi connectivity index (χ0n) is 24.3. The number of nitrogens with one attached hydrogen (secondary N) is 3. The first-order chi connectivity index (χ1) is 19.3. The first-order valence-electron chi connectivity index (χ1n) is 14.1. The molecule has 2 aromatic carbocycles. The van der Waals surface area contributed by atoms with Crippen molar-refractivity contribution in [2.24, 2.45) is 10.8 Å². The van der Waals surface area contributed by atoms with Gasteiger partial charge in [-0.05, 0) is 61.3 Å². The summed E-state index contributed by atoms with van der Waals surface area (Å²) in [7, 11) is 0. The van der Waals surface area contributed by atoms with Gasteiger partial charge in [-0.3, -0.25) is 19.2 Å². The molecule has 9 heteroatoms. The van der Waals surface area contributed by atoms with Gasteiger partial charge in [-0.25, -0.2) is 0 Å². The largest absolute Gasteiger partial charge is 0.343 e. The molecule has 0 aromatic heterocycles. The van der Waals surface area contributed by atoms with Gasteiger partial charge in [0.2, 0.25) is 23.6 Å². The second kappa shape index (κ2) is 10.0. The maximum atomic E-state index is 14.1. The highest BCUT2D eigenvalue weighted by Crippen LogP contribution is 2.48. The second-order valence-electron chi connectivity index (χ2n) is 13.0. The van der Waals surface area contributed by atoms with E-state index in [1.807, 2.05) is 77.1 Å². The van der Waals surface area contributed by atoms with Crippen LogP contribution < -0.4 is 16.0 Å². The van der Waals surface area contributed by atoms with Gasteiger partial charge < -0.3 is 20.9 Å². The van der Waals surface area contributed by atoms with Crippen LogP contribution in [0.1, 0.15) is 63.1 Å². The lowest BCUT2D eigenvalue weighted by Gasteiger charge is -2.32. The normalized spacial score (nSPS) is 22.9. The molecule has 1 saturated carbocycles. The molecule has 1 aliphatic carbocycles. The van der Waals surface area contributed by atoms with Gasteiger partial charge in [0.05, 0.1) is 11.5 Å². The Kier molecular flexibility index (Phi) is 6.93. The number of fused-ring (bicyclic) bond motifs is 2. The van der Waals surface area contributed by atoms with Crippen LogP contribution in [0.5, 0.6) is 0 Å². The summed E-state index contributed by atoms with van der Waals surface area (Å²) < 4.78 is 0. The monoisotopic (exact) mass is 555 g/mol. The lowest BCUT2D eigenvalue weighted by Crippen LogP contribution is -2.54. The molecule has 5 rings (SSSR count). The quantitative estimate of drug-likeness (QED) is 0.465. The van der Waals surface area contributed by atoms with Crippen molar-refractivity contribution in [2.75, 3.05) is 17.2 Å². The predicted octanol–water partition coefficient (Wildman–Crippen LogP) is 3.96. The molecule has 0 radical (unpaired) electrons. The van der Waals surface area contributed by atoms with E-state index in [4.69, 9.17) is 0 Å². The summed E-state index contributed by atoms with van der Waals surface area (Å²) in [4.78, 5) is 55.8. The number of anilines is 2. The second-order valence-corrected chi connectivity index (χ2v) is 13.0. The van der Waals surface area contributed by atoms with Crippen molar-refractivity contribution in [2.45, 2.75) is 77.8 Å². The molecule has 2 heterocycles. The first kappa shape index (κ1) is 28.3. The third kappa shape index (κ3) is 4.96. The number of carbonyl (C=O) groups is 4. The van der Waals surface area contributed by atoms with Crippen molar-refractivity contribution in [3.8, 4) is 6.07 Å². The number of aryl methyl sites for hydroxylation is 2. The molecule has 3 aliphatic rings. The summed E-state index contributed by atoms with van der Waals surface area (Å²) >= 11 is 0. The zero-order valence-corrected chi connectivity index (χ0v) is 24.3. The topological polar surface area (TPSA) is 131 Å². The lowest BCUT2D eigenvalue weighted by atomic mass is 9.80. The molecule has 2 aliphatic heterocycles. The lowest BCUT2D eigenvalue weighted by molar-refractivity contribution is -0.141. The van der Waals surface area contributed by atoms with E-state index in [0.29, 0.717) is 30.6 Å². The Morgan fingerprint density at radius 2 is 1.73 bits per heavy atom. The first-order valence-corrected chi connectivity index (χ1v) is 14.1. The molecule has 0 unspecified atom stereocenters. The number of rotatable bonds is 6. The minimum Gasteiger partial charge on any atom is -0.343 e. The maximum Gasteiger partial charge on any atom is 0.246 e. The smallest absolute Gasteiger partial charge is 0.246 e. The maximum absolute atomic E-state index is 14.1. The van der Waals surface area contributed by atoms with Gasteiger partial charge in [0.25, 0.3) is 0 Å². The molecule has 1 spiro atoms. The molecule has 214 valence electrons. The van der Waals surface area contributed by atoms with Crippen molar-refractivity contribution in [3.63, 3.8) is 0 Å². The number of hydrogen-bond acceptors (Lipinski definition) is 5. The predicted molar refractivity (Wildman–Crippen MR) is 155 cm³/mol. The molecule has 2 aromatic rings. The summed E-state index contributed by atoms with van der Waals surface area (Å²) in [6.07, 6.45) is 1.25. The Morgan fingerprint density at radius 1 is 1.07 bits per heavy atom. The van der Waals surface area contributed by atoms with Crippen molar-refractivity contribution in [1.29, 1.82) is 5.26 Å². The minimum atomic E-state index is -1.25. The van der Waals surface area contributed by atoms with Crippen molar-refractivity contribution < 1.29 is 19.2 Å². The average Bonchev–Trinajstić information content (AvgIpc) is 3.57. The molecule has 9 nitrogen and oxygen atoms in total. The minimum absolute atomic E-state index is 0.0433. The Bertz CT molecular complexity index is 1460. The molecule has 0 bridgehead atoms. The van der Waals surface area contributed by atoms with Crippen molar-refractivity contribution >= 4 is 35.0 Å². The van der Waals surface area contributed by atoms with Crippen LogP contribution in [-0.2, 0) is 24.6 Å². The van der Waals surface area contributed by atoms with E-state index in [1.54, 1.807) is 0 Å². The van der Waals surface area contributed by atoms with E-state index in [0.717, 1.165) is 16.7 Å². The number of benzene rings is 2. The molecular formula is C32H37N5O4. The van der Waals surface area contributed by atoms with Gasteiger partial charge >= 0.3 is 0 Å². The molecule has 3 atom stereocenters. The number of para-hydroxylation sites is 2. The van der Waals surface area contributed by atoms with Crippen LogP contribution in [0.2, 0.25) is 0 Å². The summed E-state index contributed by atoms with van der Waals surface area (Å²) in [5, 5.41) is 18.8. The zero-order chi connectivity index (χ0) is 29.7. The molecule has 2 fully saturated rings. The van der Waals surface area contributed by atoms with Crippen LogP contribution in [-0.4, -0.2) is 47.2 Å². The van der Waals surface area contributed by atoms with Gasteiger partial charge in [-0.15, -0.1) is 0 Å². The van der Waals surface area contributed by atoms with Crippen LogP contribution in [0.3, 0.4) is 0 Å². The summed E-state index contributed by atoms with van der Waals surface area (Å²) in [6, 6.07) is 13.5. The van der Waals surface area contributed by atoms with Crippen LogP contribution in [0.4, 0.5) is 11.4 Å². The van der Waals surface area contributed by atoms with Gasteiger partial charge in [0.1, 0.15) is 17.5 Å². The number of amides is 4. The van der Waals surface area contributed by atoms with Crippen LogP contribution >= 0.6 is 0 Å². The van der Waals surface area contributed by atoms with Gasteiger partial charge in [-0.2, -0.15) is 5.26 Å². The van der Waals surface area contributed by atoms with Gasteiger partial charge in [0, 0.05) is 24.3 Å². The van der Waals surface area contributed by atoms with E-state index in [-0.39, 0.29) is 30.2 Å². The third-order valence-corrected chi connectivity index (χ3v) is 8.67. The fraction of sp³-hybridized carbons (Fsp3) is 0.469. The SMILES string of the molecule is Cc1cccc(C)c1NC(=O)C1(C(=O)N[C@@H](CC(C)(C)C)C(=O)N2C[C@]3(C[C@H]2C#N)C(=O)Nc2ccccc23)CC1. The Morgan fingerprint density at radius 3 is 2.34 bits per heavy atom. The number of nitriles is 1. The molecule has 3 N–H and O–H groups in total. The Hall–Kier alpha value is -4.19. The van der Waals surface area contributed by atoms with E-state index in [9.17, 15) is 24.4 Å². The highest BCUT2D eigenvalue weighted by molar-refractivity contribution is 6.14. The summed E-state index contributed by atoms with van der Waals surface area (Å²) in [6.45, 7) is 9.74. The fourth-order valence-electron chi connectivity index (χ4n) is 6.22. The molecule has 4 amide bonds. The Balaban J connectivity index is 1.39. The van der Waals surface area contributed by atoms with E-state index >= 15 is 0 Å². The van der Waals surface area contributed by atoms with Crippen molar-refractivity contribution in [3.05, 3.63) is 59.2 Å². The Labute approximate surface area is 240 Å². The van der Waals surface area contributed by atoms with E-state index < -0.39 is 34.7 Å². The fourth-order valence-corrected chi connectivity index (χ4v) is 6.22. The average molecular weight is 556 g/mol. The van der Waals surface area contributed by atoms with E-state index in [2.05, 4.69) is 22.0 Å². The standard InChI is InChI=1S/C32H37N5O4/c1-19-9-8-10-20(2)25(19)36-28(40)31(13-14-31)27(39)35-24(16-30(3,4)5)26(38)37-18-32(15-21(37)17-33)22-11-6-7-12-23(22)34-29(32)41/h6-12,21,24H,13-16,18H2,1-5H3,(H,34,41)(H,35,39)(H,36,40)/t21-,24-,32-/m0/s1. The number of carbonyl (C=O) groups excluding carboxylic acids is 4. The highest BCUT2D eigenvalue weighted by Gasteiger charge is 2.59. The summed E-state index contributed by atoms with van der Waals surface area (Å²) in [5.41, 5.74) is 1.33. The molecule has 1 saturated heterocycles. The van der Waals surface area contributed by atoms with E-state index in [1.165, 1.54) is 4.90 Å². The van der Waals surface area contributed by atoms with Crippen LogP contribution in [0, 0.1) is 36.0 Å². The highest BCUT2D eigenvalue weighted by atomic mass is 16.2.